The van der Waals surface area contributed by atoms with Gasteiger partial charge in [0.1, 0.15) is 34.4 Å². The minimum atomic E-state index is -0.930. The standard InChI is InChI=1S/C35H44BrN5O5/c1-19(2)29(28-17-23-16-24(36)15-21(4)31(23)44-28)39(11)32(42)25-13-12-20(3)14-27(25)40-18-26(37-38-40)30-22(5)45-35(9,10)41(30)33(43)46-34(6,7)8/h12-19,22,29-30H,1-11H3/t22-,29?,30+/m1/s1. The topological polar surface area (TPSA) is 103 Å². The lowest BCUT2D eigenvalue weighted by atomic mass is 9.98. The highest BCUT2D eigenvalue weighted by atomic mass is 79.9. The number of benzene rings is 2. The van der Waals surface area contributed by atoms with Gasteiger partial charge in [0.25, 0.3) is 5.91 Å². The molecule has 10 nitrogen and oxygen atoms in total. The molecular weight excluding hydrogens is 650 g/mol. The lowest BCUT2D eigenvalue weighted by molar-refractivity contribution is -0.0757. The van der Waals surface area contributed by atoms with E-state index < -0.39 is 23.5 Å². The van der Waals surface area contributed by atoms with E-state index in [0.29, 0.717) is 16.9 Å². The summed E-state index contributed by atoms with van der Waals surface area (Å²) in [5.74, 6) is 0.605. The Morgan fingerprint density at radius 3 is 2.46 bits per heavy atom. The first-order chi connectivity index (χ1) is 21.4. The number of hydrogen-bond acceptors (Lipinski definition) is 7. The van der Waals surface area contributed by atoms with E-state index in [1.54, 1.807) is 27.7 Å². The quantitative estimate of drug-likeness (QED) is 0.200. The fraction of sp³-hybridized carbons (Fsp3) is 0.486. The Morgan fingerprint density at radius 2 is 1.80 bits per heavy atom. The van der Waals surface area contributed by atoms with Gasteiger partial charge in [-0.15, -0.1) is 5.10 Å². The van der Waals surface area contributed by atoms with Gasteiger partial charge >= 0.3 is 6.09 Å². The Labute approximate surface area is 279 Å². The van der Waals surface area contributed by atoms with Crippen molar-refractivity contribution in [2.24, 2.45) is 5.92 Å². The number of rotatable bonds is 6. The minimum Gasteiger partial charge on any atom is -0.459 e. The van der Waals surface area contributed by atoms with Crippen LogP contribution < -0.4 is 0 Å². The summed E-state index contributed by atoms with van der Waals surface area (Å²) < 4.78 is 20.9. The molecule has 3 atom stereocenters. The van der Waals surface area contributed by atoms with E-state index in [2.05, 4.69) is 40.1 Å². The van der Waals surface area contributed by atoms with Gasteiger partial charge in [-0.2, -0.15) is 0 Å². The molecule has 3 heterocycles. The van der Waals surface area contributed by atoms with Gasteiger partial charge in [0.2, 0.25) is 0 Å². The van der Waals surface area contributed by atoms with Crippen molar-refractivity contribution in [3.05, 3.63) is 75.2 Å². The molecule has 2 aromatic heterocycles. The molecule has 0 N–H and O–H groups in total. The van der Waals surface area contributed by atoms with Crippen molar-refractivity contribution in [2.75, 3.05) is 7.05 Å². The van der Waals surface area contributed by atoms with Gasteiger partial charge < -0.3 is 18.8 Å². The Hall–Kier alpha value is -3.70. The molecule has 2 aromatic carbocycles. The number of nitrogens with zero attached hydrogens (tertiary/aromatic N) is 5. The van der Waals surface area contributed by atoms with Crippen LogP contribution in [0, 0.1) is 19.8 Å². The average Bonchev–Trinajstić information content (AvgIpc) is 3.62. The minimum absolute atomic E-state index is 0.0659. The predicted octanol–water partition coefficient (Wildman–Crippen LogP) is 8.30. The van der Waals surface area contributed by atoms with E-state index in [0.717, 1.165) is 32.3 Å². The van der Waals surface area contributed by atoms with E-state index in [9.17, 15) is 9.59 Å². The largest absolute Gasteiger partial charge is 0.459 e. The third-order valence-corrected chi connectivity index (χ3v) is 8.72. The number of carbonyl (C=O) groups excluding carboxylic acids is 2. The number of hydrogen-bond donors (Lipinski definition) is 0. The van der Waals surface area contributed by atoms with E-state index in [4.69, 9.17) is 13.9 Å². The Bertz CT molecular complexity index is 1790. The van der Waals surface area contributed by atoms with Crippen molar-refractivity contribution in [3.63, 3.8) is 0 Å². The first-order valence-electron chi connectivity index (χ1n) is 15.6. The molecule has 0 aliphatic carbocycles. The summed E-state index contributed by atoms with van der Waals surface area (Å²) >= 11 is 3.58. The second-order valence-corrected chi connectivity index (χ2v) is 15.0. The molecule has 1 fully saturated rings. The monoisotopic (exact) mass is 693 g/mol. The van der Waals surface area contributed by atoms with E-state index >= 15 is 0 Å². The Kier molecular flexibility index (Phi) is 8.89. The zero-order valence-electron chi connectivity index (χ0n) is 28.5. The van der Waals surface area contributed by atoms with Crippen molar-refractivity contribution < 1.29 is 23.5 Å². The molecule has 2 amide bonds. The third-order valence-electron chi connectivity index (χ3n) is 8.26. The van der Waals surface area contributed by atoms with Gasteiger partial charge in [-0.25, -0.2) is 9.48 Å². The fourth-order valence-electron chi connectivity index (χ4n) is 6.41. The van der Waals surface area contributed by atoms with Crippen LogP contribution in [0.25, 0.3) is 16.7 Å². The molecule has 0 radical (unpaired) electrons. The molecule has 5 rings (SSSR count). The van der Waals surface area contributed by atoms with Crippen molar-refractivity contribution in [1.29, 1.82) is 0 Å². The number of aryl methyl sites for hydroxylation is 2. The Morgan fingerprint density at radius 1 is 1.11 bits per heavy atom. The zero-order chi connectivity index (χ0) is 33.9. The van der Waals surface area contributed by atoms with Crippen LogP contribution in [0.4, 0.5) is 4.79 Å². The number of furan rings is 1. The summed E-state index contributed by atoms with van der Waals surface area (Å²) in [6.45, 7) is 19.2. The summed E-state index contributed by atoms with van der Waals surface area (Å²) in [6, 6.07) is 10.8. The smallest absolute Gasteiger partial charge is 0.413 e. The normalized spacial score (nSPS) is 18.8. The highest BCUT2D eigenvalue weighted by Gasteiger charge is 2.51. The van der Waals surface area contributed by atoms with Gasteiger partial charge in [-0.1, -0.05) is 41.1 Å². The zero-order valence-corrected chi connectivity index (χ0v) is 30.1. The number of amides is 2. The molecule has 246 valence electrons. The second kappa shape index (κ2) is 12.2. The molecule has 0 bridgehead atoms. The number of fused-ring (bicyclic) bond motifs is 1. The van der Waals surface area contributed by atoms with Crippen LogP contribution in [0.5, 0.6) is 0 Å². The lowest BCUT2D eigenvalue weighted by Crippen LogP contribution is -2.47. The van der Waals surface area contributed by atoms with Gasteiger partial charge in [-0.3, -0.25) is 9.69 Å². The van der Waals surface area contributed by atoms with Crippen LogP contribution in [0.2, 0.25) is 0 Å². The molecule has 0 spiro atoms. The summed E-state index contributed by atoms with van der Waals surface area (Å²) in [4.78, 5) is 31.0. The molecule has 1 aliphatic rings. The number of ether oxygens (including phenoxy) is 2. The van der Waals surface area contributed by atoms with Gasteiger partial charge in [-0.05, 0) is 103 Å². The first-order valence-corrected chi connectivity index (χ1v) is 16.4. The Balaban J connectivity index is 1.50. The van der Waals surface area contributed by atoms with Crippen LogP contribution in [0.15, 0.2) is 51.5 Å². The molecule has 1 aliphatic heterocycles. The number of carbonyl (C=O) groups is 2. The van der Waals surface area contributed by atoms with Gasteiger partial charge in [0.15, 0.2) is 0 Å². The maximum absolute atomic E-state index is 14.3. The van der Waals surface area contributed by atoms with Crippen LogP contribution in [-0.4, -0.2) is 61.3 Å². The number of halogens is 1. The molecule has 1 saturated heterocycles. The molecular formula is C35H44BrN5O5. The van der Waals surface area contributed by atoms with Gasteiger partial charge in [0.05, 0.1) is 29.6 Å². The number of aromatic nitrogens is 3. The van der Waals surface area contributed by atoms with Crippen LogP contribution in [0.1, 0.15) is 100 Å². The van der Waals surface area contributed by atoms with Crippen LogP contribution >= 0.6 is 15.9 Å². The van der Waals surface area contributed by atoms with E-state index in [1.165, 1.54) is 0 Å². The first kappa shape index (κ1) is 33.7. The van der Waals surface area contributed by atoms with Crippen molar-refractivity contribution in [3.8, 4) is 5.69 Å². The van der Waals surface area contributed by atoms with Crippen molar-refractivity contribution in [2.45, 2.75) is 98.8 Å². The molecule has 46 heavy (non-hydrogen) atoms. The molecule has 4 aromatic rings. The summed E-state index contributed by atoms with van der Waals surface area (Å²) in [5, 5.41) is 9.91. The van der Waals surface area contributed by atoms with Crippen LogP contribution in [0.3, 0.4) is 0 Å². The van der Waals surface area contributed by atoms with Crippen LogP contribution in [-0.2, 0) is 9.47 Å². The third kappa shape index (κ3) is 6.44. The molecule has 11 heteroatoms. The maximum Gasteiger partial charge on any atom is 0.413 e. The lowest BCUT2D eigenvalue weighted by Gasteiger charge is -2.34. The summed E-state index contributed by atoms with van der Waals surface area (Å²) in [5.41, 5.74) is 2.74. The summed E-state index contributed by atoms with van der Waals surface area (Å²) in [7, 11) is 1.80. The SMILES string of the molecule is Cc1ccc(C(=O)N(C)C(c2cc3cc(Br)cc(C)c3o2)C(C)C)c(-n2cc([C@@H]3[C@@H](C)OC(C)(C)N3C(=O)OC(C)(C)C)nn2)c1. The maximum atomic E-state index is 14.3. The van der Waals surface area contributed by atoms with Gasteiger partial charge in [0, 0.05) is 16.9 Å². The molecule has 0 saturated carbocycles. The molecule has 1 unspecified atom stereocenters. The second-order valence-electron chi connectivity index (χ2n) is 14.1. The van der Waals surface area contributed by atoms with Crippen molar-refractivity contribution >= 4 is 38.9 Å². The highest BCUT2D eigenvalue weighted by molar-refractivity contribution is 9.10. The fourth-order valence-corrected chi connectivity index (χ4v) is 7.00. The average molecular weight is 695 g/mol. The van der Waals surface area contributed by atoms with Crippen molar-refractivity contribution in [1.82, 2.24) is 24.8 Å². The van der Waals surface area contributed by atoms with E-state index in [1.807, 2.05) is 91.8 Å². The predicted molar refractivity (Wildman–Crippen MR) is 180 cm³/mol. The highest BCUT2D eigenvalue weighted by Crippen LogP contribution is 2.42. The van der Waals surface area contributed by atoms with E-state index in [-0.39, 0.29) is 24.0 Å². The summed E-state index contributed by atoms with van der Waals surface area (Å²) in [6.07, 6.45) is 0.883.